The van der Waals surface area contributed by atoms with E-state index < -0.39 is 0 Å². The topological polar surface area (TPSA) is 14.8 Å². The number of benzene rings is 16. The second-order valence-corrected chi connectivity index (χ2v) is 26.5. The Kier molecular flexibility index (Phi) is 16.7. The number of fused-ring (bicyclic) bond motifs is 14. The molecule has 20 rings (SSSR count). The van der Waals surface area contributed by atoms with E-state index in [1.807, 2.05) is 48.5 Å². The minimum atomic E-state index is 0. The van der Waals surface area contributed by atoms with Gasteiger partial charge in [0.1, 0.15) is 0 Å². The molecule has 1 aliphatic carbocycles. The van der Waals surface area contributed by atoms with E-state index in [9.17, 15) is 0 Å². The smallest absolute Gasteiger partial charge is 0.0548 e. The molecule has 0 spiro atoms. The zero-order chi connectivity index (χ0) is 67.2. The van der Waals surface area contributed by atoms with Crippen LogP contribution in [-0.2, 0) is 6.42 Å². The summed E-state index contributed by atoms with van der Waals surface area (Å²) in [7, 11) is 0. The second kappa shape index (κ2) is 27.2. The van der Waals surface area contributed by atoms with Crippen molar-refractivity contribution >= 4 is 85.4 Å². The van der Waals surface area contributed by atoms with E-state index in [-0.39, 0.29) is 8.41 Å². The highest BCUT2D eigenvalue weighted by Gasteiger charge is 2.26. The number of halogens is 1. The molecule has 16 aromatic carbocycles. The van der Waals surface area contributed by atoms with Gasteiger partial charge < -0.3 is 13.7 Å². The molecule has 0 atom stereocenters. The van der Waals surface area contributed by atoms with Gasteiger partial charge in [0.2, 0.25) is 0 Å². The number of nitrogens with zero attached hydrogens (tertiary/aromatic N) is 3. The van der Waals surface area contributed by atoms with Crippen LogP contribution in [0.1, 0.15) is 11.1 Å². The maximum Gasteiger partial charge on any atom is 0.0548 e. The molecule has 19 aromatic rings. The highest BCUT2D eigenvalue weighted by molar-refractivity contribution is 6.31. The lowest BCUT2D eigenvalue weighted by Crippen LogP contribution is -1.96. The van der Waals surface area contributed by atoms with E-state index in [0.29, 0.717) is 0 Å². The van der Waals surface area contributed by atoms with Crippen molar-refractivity contribution in [3.63, 3.8) is 0 Å². The summed E-state index contributed by atoms with van der Waals surface area (Å²) in [5.74, 6) is 0. The first-order valence-electron chi connectivity index (χ1n) is 34.6. The molecule has 3 nitrogen and oxygen atoms in total. The lowest BCUT2D eigenvalue weighted by atomic mass is 9.98. The standard InChI is InChI=1S/C48H32N2.C31H21N.C18H13Cl.B/c1-4-14-33(15-5-1)36-24-26-39(27-25-36)49-43-22-12-10-20-41(43)47-45(49)28-29-46-48(47)42-21-11-13-23-44(42)50(46)40-31-37(34-16-6-2-7-17-34)30-38(32-40)35-18-8-3-9-19-35;1-2-8-21(9-3-1)22-14-17-25(18-15-22)32-28-13-7-6-12-27(28)31-29(32)19-16-24-20-23-10-4-5-11-26(23)30(24)31;19-18-12-16(14-7-3-1-4-8-14)11-17(13-18)15-9-5-2-6-10-15;/h1-32H;1-19H,20H2;1-13H;. The fourth-order valence-corrected chi connectivity index (χ4v) is 15.7. The Hall–Kier alpha value is -12.7. The summed E-state index contributed by atoms with van der Waals surface area (Å²) in [6, 6.07) is 139. The summed E-state index contributed by atoms with van der Waals surface area (Å²) in [4.78, 5) is 0. The van der Waals surface area contributed by atoms with Crippen molar-refractivity contribution in [2.45, 2.75) is 6.42 Å². The van der Waals surface area contributed by atoms with Crippen molar-refractivity contribution in [1.29, 1.82) is 0 Å². The average Bonchev–Trinajstić information content (AvgIpc) is 1.55. The van der Waals surface area contributed by atoms with E-state index in [1.165, 1.54) is 149 Å². The molecule has 479 valence electrons. The molecule has 3 heterocycles. The Morgan fingerprint density at radius 1 is 0.206 bits per heavy atom. The van der Waals surface area contributed by atoms with Gasteiger partial charge in [0.25, 0.3) is 0 Å². The second-order valence-electron chi connectivity index (χ2n) is 26.0. The van der Waals surface area contributed by atoms with Crippen LogP contribution in [0.25, 0.3) is 160 Å². The largest absolute Gasteiger partial charge is 0.309 e. The van der Waals surface area contributed by atoms with Gasteiger partial charge in [-0.3, -0.25) is 0 Å². The highest BCUT2D eigenvalue weighted by atomic mass is 35.5. The predicted octanol–water partition coefficient (Wildman–Crippen LogP) is 26.2. The molecule has 0 unspecified atom stereocenters. The molecule has 3 aromatic heterocycles. The van der Waals surface area contributed by atoms with Gasteiger partial charge in [-0.2, -0.15) is 0 Å². The highest BCUT2D eigenvalue weighted by Crippen LogP contribution is 2.47. The maximum atomic E-state index is 6.25. The lowest BCUT2D eigenvalue weighted by Gasteiger charge is -2.14. The molecular formula is C97H66BClN3. The Labute approximate surface area is 600 Å². The maximum absolute atomic E-state index is 6.25. The quantitative estimate of drug-likeness (QED) is 0.128. The first kappa shape index (κ1) is 62.8. The molecule has 0 fully saturated rings. The van der Waals surface area contributed by atoms with Gasteiger partial charge in [-0.25, -0.2) is 0 Å². The van der Waals surface area contributed by atoms with Crippen LogP contribution in [0.15, 0.2) is 388 Å². The number of para-hydroxylation sites is 3. The van der Waals surface area contributed by atoms with Crippen LogP contribution >= 0.6 is 11.6 Å². The SMILES string of the molecule is Clc1cc(-c2ccccc2)cc(-c2ccccc2)c1.[B].c1ccc(-c2ccc(-n3c4ccccc4c4c5c(ccc43)Cc3ccccc3-5)cc2)cc1.c1ccc(-c2ccc(-n3c4ccccc4c4c5c6ccccc6n(-c6cc(-c7ccccc7)cc(-c7ccccc7)c6)c5ccc43)cc2)cc1. The van der Waals surface area contributed by atoms with Gasteiger partial charge in [-0.1, -0.05) is 303 Å². The molecule has 0 bridgehead atoms. The number of aromatic nitrogens is 3. The summed E-state index contributed by atoms with van der Waals surface area (Å²) in [6.07, 6.45) is 1.02. The van der Waals surface area contributed by atoms with E-state index in [2.05, 4.69) is 353 Å². The van der Waals surface area contributed by atoms with Crippen molar-refractivity contribution in [3.8, 4) is 95.0 Å². The fraction of sp³-hybridized carbons (Fsp3) is 0.0103. The summed E-state index contributed by atoms with van der Waals surface area (Å²) >= 11 is 6.25. The minimum Gasteiger partial charge on any atom is -0.309 e. The monoisotopic (exact) mass is 1320 g/mol. The van der Waals surface area contributed by atoms with Gasteiger partial charge in [0.05, 0.1) is 33.1 Å². The Bertz CT molecular complexity index is 6130. The van der Waals surface area contributed by atoms with Gasteiger partial charge in [0.15, 0.2) is 0 Å². The lowest BCUT2D eigenvalue weighted by molar-refractivity contribution is 1.17. The van der Waals surface area contributed by atoms with Gasteiger partial charge in [-0.05, 0) is 192 Å². The Balaban J connectivity index is 0.000000127. The third-order valence-corrected chi connectivity index (χ3v) is 20.2. The summed E-state index contributed by atoms with van der Waals surface area (Å²) < 4.78 is 7.30. The van der Waals surface area contributed by atoms with Crippen LogP contribution in [-0.4, -0.2) is 22.1 Å². The van der Waals surface area contributed by atoms with E-state index in [0.717, 1.165) is 33.9 Å². The van der Waals surface area contributed by atoms with Crippen LogP contribution < -0.4 is 0 Å². The first-order chi connectivity index (χ1) is 50.0. The first-order valence-corrected chi connectivity index (χ1v) is 35.0. The zero-order valence-electron chi connectivity index (χ0n) is 56.0. The van der Waals surface area contributed by atoms with Gasteiger partial charge in [0, 0.05) is 62.8 Å². The molecule has 0 aliphatic heterocycles. The molecule has 0 saturated carbocycles. The Morgan fingerprint density at radius 2 is 0.500 bits per heavy atom. The molecule has 0 amide bonds. The average molecular weight is 1320 g/mol. The normalized spacial score (nSPS) is 11.5. The van der Waals surface area contributed by atoms with Crippen LogP contribution in [0, 0.1) is 0 Å². The van der Waals surface area contributed by atoms with Crippen molar-refractivity contribution in [2.75, 3.05) is 0 Å². The third-order valence-electron chi connectivity index (χ3n) is 20.0. The number of hydrogen-bond donors (Lipinski definition) is 0. The molecule has 1 aliphatic rings. The van der Waals surface area contributed by atoms with Crippen molar-refractivity contribution in [2.24, 2.45) is 0 Å². The molecule has 0 saturated heterocycles. The molecule has 102 heavy (non-hydrogen) atoms. The summed E-state index contributed by atoms with van der Waals surface area (Å²) in [5, 5.41) is 8.52. The number of hydrogen-bond acceptors (Lipinski definition) is 0. The molecule has 5 heteroatoms. The zero-order valence-corrected chi connectivity index (χ0v) is 56.7. The van der Waals surface area contributed by atoms with Crippen LogP contribution in [0.3, 0.4) is 0 Å². The van der Waals surface area contributed by atoms with E-state index in [4.69, 9.17) is 11.6 Å². The summed E-state index contributed by atoms with van der Waals surface area (Å²) in [6.45, 7) is 0. The van der Waals surface area contributed by atoms with Crippen LogP contribution in [0.2, 0.25) is 5.02 Å². The fourth-order valence-electron chi connectivity index (χ4n) is 15.4. The molecule has 0 N–H and O–H groups in total. The van der Waals surface area contributed by atoms with E-state index >= 15 is 0 Å². The van der Waals surface area contributed by atoms with Gasteiger partial charge in [-0.15, -0.1) is 0 Å². The third kappa shape index (κ3) is 11.5. The van der Waals surface area contributed by atoms with Gasteiger partial charge >= 0.3 is 0 Å². The predicted molar refractivity (Wildman–Crippen MR) is 434 cm³/mol. The minimum absolute atomic E-state index is 0. The summed E-state index contributed by atoms with van der Waals surface area (Å²) in [5.41, 5.74) is 30.9. The van der Waals surface area contributed by atoms with Crippen molar-refractivity contribution < 1.29 is 0 Å². The van der Waals surface area contributed by atoms with Crippen molar-refractivity contribution in [3.05, 3.63) is 404 Å². The van der Waals surface area contributed by atoms with Crippen LogP contribution in [0.5, 0.6) is 0 Å². The van der Waals surface area contributed by atoms with Crippen LogP contribution in [0.4, 0.5) is 0 Å². The van der Waals surface area contributed by atoms with Crippen molar-refractivity contribution in [1.82, 2.24) is 13.7 Å². The number of rotatable bonds is 9. The molecular weight excluding hydrogens is 1250 g/mol. The molecule has 3 radical (unpaired) electrons. The Morgan fingerprint density at radius 3 is 0.902 bits per heavy atom. The van der Waals surface area contributed by atoms with E-state index in [1.54, 1.807) is 0 Å².